The first-order valence-corrected chi connectivity index (χ1v) is 5.64. The average Bonchev–Trinajstić information content (AvgIpc) is 2.46. The van der Waals surface area contributed by atoms with Gasteiger partial charge in [-0.1, -0.05) is 11.6 Å². The third kappa shape index (κ3) is 2.49. The van der Waals surface area contributed by atoms with Crippen LogP contribution in [0.4, 0.5) is 26.3 Å². The van der Waals surface area contributed by atoms with Gasteiger partial charge in [0.05, 0.1) is 5.02 Å². The van der Waals surface area contributed by atoms with Crippen molar-refractivity contribution >= 4 is 17.4 Å². The van der Waals surface area contributed by atoms with Crippen LogP contribution in [0.5, 0.6) is 0 Å². The van der Waals surface area contributed by atoms with Crippen molar-refractivity contribution in [1.82, 2.24) is 0 Å². The van der Waals surface area contributed by atoms with Crippen LogP contribution in [0.25, 0.3) is 0 Å². The maximum Gasteiger partial charge on any atom is 0.200 e. The highest BCUT2D eigenvalue weighted by molar-refractivity contribution is 6.30. The molecule has 0 aliphatic carbocycles. The third-order valence-electron chi connectivity index (χ3n) is 2.62. The van der Waals surface area contributed by atoms with Crippen molar-refractivity contribution in [2.75, 3.05) is 0 Å². The van der Waals surface area contributed by atoms with Crippen molar-refractivity contribution in [3.05, 3.63) is 69.3 Å². The molecule has 0 amide bonds. The second-order valence-electron chi connectivity index (χ2n) is 3.90. The van der Waals surface area contributed by atoms with Gasteiger partial charge in [-0.25, -0.2) is 26.3 Å². The Labute approximate surface area is 118 Å². The average molecular weight is 325 g/mol. The molecule has 0 atom stereocenters. The molecule has 0 unspecified atom stereocenters. The van der Waals surface area contributed by atoms with Crippen LogP contribution in [-0.4, -0.2) is 5.78 Å². The maximum atomic E-state index is 13.5. The number of hydrogen-bond acceptors (Lipinski definition) is 1. The highest BCUT2D eigenvalue weighted by Crippen LogP contribution is 2.26. The van der Waals surface area contributed by atoms with Crippen LogP contribution >= 0.6 is 11.6 Å². The molecule has 0 radical (unpaired) electrons. The zero-order valence-electron chi connectivity index (χ0n) is 9.79. The molecule has 0 bridgehead atoms. The van der Waals surface area contributed by atoms with Gasteiger partial charge < -0.3 is 0 Å². The van der Waals surface area contributed by atoms with Crippen LogP contribution < -0.4 is 0 Å². The number of carbonyl (C=O) groups excluding carboxylic acids is 1. The van der Waals surface area contributed by atoms with Gasteiger partial charge in [-0.15, -0.1) is 0 Å². The third-order valence-corrected chi connectivity index (χ3v) is 2.93. The summed E-state index contributed by atoms with van der Waals surface area (Å²) in [6.07, 6.45) is 0. The Morgan fingerprint density at radius 1 is 0.810 bits per heavy atom. The minimum absolute atomic E-state index is 0.371. The standard InChI is InChI=1S/C13H3ClF6O/c14-5-2-1-4(3-6(5)15)13(21)7-8(16)10(18)12(20)11(19)9(7)17/h1-3H. The monoisotopic (exact) mass is 324 g/mol. The van der Waals surface area contributed by atoms with Gasteiger partial charge in [0, 0.05) is 5.56 Å². The van der Waals surface area contributed by atoms with Gasteiger partial charge in [0.15, 0.2) is 29.1 Å². The van der Waals surface area contributed by atoms with Gasteiger partial charge in [-0.2, -0.15) is 0 Å². The summed E-state index contributed by atoms with van der Waals surface area (Å²) in [6, 6.07) is 2.34. The lowest BCUT2D eigenvalue weighted by atomic mass is 10.0. The second kappa shape index (κ2) is 5.40. The molecule has 2 rings (SSSR count). The van der Waals surface area contributed by atoms with Crippen LogP contribution in [-0.2, 0) is 0 Å². The molecule has 1 nitrogen and oxygen atoms in total. The number of ketones is 1. The van der Waals surface area contributed by atoms with Gasteiger partial charge in [-0.05, 0) is 18.2 Å². The van der Waals surface area contributed by atoms with E-state index in [1.807, 2.05) is 0 Å². The second-order valence-corrected chi connectivity index (χ2v) is 4.31. The lowest BCUT2D eigenvalue weighted by molar-refractivity contribution is 0.102. The Bertz CT molecular complexity index is 730. The summed E-state index contributed by atoms with van der Waals surface area (Å²) < 4.78 is 79.0. The Balaban J connectivity index is 2.66. The maximum absolute atomic E-state index is 13.5. The minimum Gasteiger partial charge on any atom is -0.288 e. The van der Waals surface area contributed by atoms with E-state index in [9.17, 15) is 31.1 Å². The zero-order chi connectivity index (χ0) is 15.9. The number of carbonyl (C=O) groups is 1. The van der Waals surface area contributed by atoms with Crippen LogP contribution in [0.15, 0.2) is 18.2 Å². The van der Waals surface area contributed by atoms with E-state index < -0.39 is 51.8 Å². The summed E-state index contributed by atoms with van der Waals surface area (Å²) in [4.78, 5) is 11.8. The summed E-state index contributed by atoms with van der Waals surface area (Å²) in [7, 11) is 0. The van der Waals surface area contributed by atoms with Gasteiger partial charge in [0.1, 0.15) is 11.4 Å². The quantitative estimate of drug-likeness (QED) is 0.346. The fraction of sp³-hybridized carbons (Fsp3) is 0. The van der Waals surface area contributed by atoms with E-state index in [0.29, 0.717) is 6.07 Å². The molecule has 0 fully saturated rings. The molecule has 110 valence electrons. The largest absolute Gasteiger partial charge is 0.288 e. The van der Waals surface area contributed by atoms with Crippen molar-refractivity contribution in [3.63, 3.8) is 0 Å². The predicted octanol–water partition coefficient (Wildman–Crippen LogP) is 4.41. The van der Waals surface area contributed by atoms with Crippen molar-refractivity contribution in [2.24, 2.45) is 0 Å². The molecule has 0 aliphatic rings. The van der Waals surface area contributed by atoms with E-state index in [2.05, 4.69) is 0 Å². The number of benzene rings is 2. The Kier molecular flexibility index (Phi) is 3.95. The first-order valence-electron chi connectivity index (χ1n) is 5.27. The molecular weight excluding hydrogens is 322 g/mol. The molecule has 0 spiro atoms. The molecule has 0 heterocycles. The van der Waals surface area contributed by atoms with Crippen LogP contribution in [0.1, 0.15) is 15.9 Å². The van der Waals surface area contributed by atoms with Crippen molar-refractivity contribution in [1.29, 1.82) is 0 Å². The molecule has 0 aromatic heterocycles. The summed E-state index contributed by atoms with van der Waals surface area (Å²) in [5.41, 5.74) is -2.27. The topological polar surface area (TPSA) is 17.1 Å². The van der Waals surface area contributed by atoms with Gasteiger partial charge >= 0.3 is 0 Å². The molecule has 0 saturated carbocycles. The van der Waals surface area contributed by atoms with Crippen molar-refractivity contribution < 1.29 is 31.1 Å². The van der Waals surface area contributed by atoms with Crippen LogP contribution in [0.3, 0.4) is 0 Å². The highest BCUT2D eigenvalue weighted by atomic mass is 35.5. The molecule has 2 aromatic rings. The summed E-state index contributed by atoms with van der Waals surface area (Å²) >= 11 is 5.36. The first-order chi connectivity index (χ1) is 9.75. The summed E-state index contributed by atoms with van der Waals surface area (Å²) in [5, 5.41) is -0.371. The predicted molar refractivity (Wildman–Crippen MR) is 61.1 cm³/mol. The molecule has 2 aromatic carbocycles. The smallest absolute Gasteiger partial charge is 0.200 e. The minimum atomic E-state index is -2.39. The van der Waals surface area contributed by atoms with E-state index in [1.54, 1.807) is 0 Å². The SMILES string of the molecule is O=C(c1ccc(Cl)c(F)c1)c1c(F)c(F)c(F)c(F)c1F. The fourth-order valence-electron chi connectivity index (χ4n) is 1.59. The molecule has 0 saturated heterocycles. The number of rotatable bonds is 2. The summed E-state index contributed by atoms with van der Waals surface area (Å²) in [6.45, 7) is 0. The van der Waals surface area contributed by atoms with Gasteiger partial charge in [-0.3, -0.25) is 4.79 Å². The Hall–Kier alpha value is -2.02. The van der Waals surface area contributed by atoms with Crippen LogP contribution in [0.2, 0.25) is 5.02 Å². The normalized spacial score (nSPS) is 10.8. The highest BCUT2D eigenvalue weighted by Gasteiger charge is 2.30. The van der Waals surface area contributed by atoms with Crippen molar-refractivity contribution in [3.8, 4) is 0 Å². The molecule has 8 heteroatoms. The van der Waals surface area contributed by atoms with Crippen molar-refractivity contribution in [2.45, 2.75) is 0 Å². The molecular formula is C13H3ClF6O. The van der Waals surface area contributed by atoms with E-state index in [1.165, 1.54) is 0 Å². The lowest BCUT2D eigenvalue weighted by Crippen LogP contribution is -2.13. The summed E-state index contributed by atoms with van der Waals surface area (Å²) in [5.74, 6) is -14.1. The first kappa shape index (κ1) is 15.4. The van der Waals surface area contributed by atoms with Crippen LogP contribution in [0, 0.1) is 34.9 Å². The van der Waals surface area contributed by atoms with Gasteiger partial charge in [0.2, 0.25) is 5.82 Å². The fourth-order valence-corrected chi connectivity index (χ4v) is 1.70. The van der Waals surface area contributed by atoms with E-state index in [0.717, 1.165) is 12.1 Å². The Morgan fingerprint density at radius 2 is 1.29 bits per heavy atom. The number of hydrogen-bond donors (Lipinski definition) is 0. The van der Waals surface area contributed by atoms with E-state index in [4.69, 9.17) is 11.6 Å². The molecule has 0 N–H and O–H groups in total. The molecule has 21 heavy (non-hydrogen) atoms. The Morgan fingerprint density at radius 3 is 1.76 bits per heavy atom. The zero-order valence-corrected chi connectivity index (χ0v) is 10.5. The van der Waals surface area contributed by atoms with Gasteiger partial charge in [0.25, 0.3) is 0 Å². The molecule has 0 aliphatic heterocycles. The number of halogens is 7. The lowest BCUT2D eigenvalue weighted by Gasteiger charge is -2.07. The van der Waals surface area contributed by atoms with E-state index >= 15 is 0 Å². The van der Waals surface area contributed by atoms with E-state index in [-0.39, 0.29) is 5.02 Å².